The molecule has 0 radical (unpaired) electrons. The molecule has 0 unspecified atom stereocenters. The van der Waals surface area contributed by atoms with Crippen molar-refractivity contribution in [3.8, 4) is 0 Å². The topological polar surface area (TPSA) is 59.1 Å². The molecule has 134 valence electrons. The van der Waals surface area contributed by atoms with Gasteiger partial charge in [0.15, 0.2) is 0 Å². The van der Waals surface area contributed by atoms with E-state index in [1.807, 2.05) is 42.2 Å². The summed E-state index contributed by atoms with van der Waals surface area (Å²) in [6.07, 6.45) is 0.643. The lowest BCUT2D eigenvalue weighted by Crippen LogP contribution is -2.40. The number of hydrogen-bond acceptors (Lipinski definition) is 5. The van der Waals surface area contributed by atoms with E-state index >= 15 is 0 Å². The van der Waals surface area contributed by atoms with Gasteiger partial charge in [-0.15, -0.1) is 0 Å². The van der Waals surface area contributed by atoms with Gasteiger partial charge in [0, 0.05) is 32.8 Å². The number of amides is 2. The van der Waals surface area contributed by atoms with Crippen LogP contribution in [0.4, 0.5) is 0 Å². The average Bonchev–Trinajstić information content (AvgIpc) is 2.91. The average molecular weight is 344 g/mol. The first-order chi connectivity index (χ1) is 12.2. The van der Waals surface area contributed by atoms with Gasteiger partial charge in [-0.25, -0.2) is 0 Å². The summed E-state index contributed by atoms with van der Waals surface area (Å²) in [4.78, 5) is 29.3. The molecule has 25 heavy (non-hydrogen) atoms. The summed E-state index contributed by atoms with van der Waals surface area (Å²) >= 11 is 0. The molecule has 0 bridgehead atoms. The molecule has 2 amide bonds. The number of carbonyl (C=O) groups is 2. The van der Waals surface area contributed by atoms with E-state index in [0.29, 0.717) is 63.8 Å². The molecule has 1 aromatic carbocycles. The Bertz CT molecular complexity index is 651. The maximum absolute atomic E-state index is 13.0. The van der Waals surface area contributed by atoms with Crippen LogP contribution in [0.15, 0.2) is 36.0 Å². The summed E-state index contributed by atoms with van der Waals surface area (Å²) < 4.78 is 10.7. The van der Waals surface area contributed by atoms with Crippen molar-refractivity contribution < 1.29 is 19.1 Å². The van der Waals surface area contributed by atoms with Gasteiger partial charge in [0.05, 0.1) is 18.8 Å². The van der Waals surface area contributed by atoms with Crippen molar-refractivity contribution in [2.45, 2.75) is 13.3 Å². The Morgan fingerprint density at radius 3 is 2.48 bits per heavy atom. The Hall–Kier alpha value is -2.18. The van der Waals surface area contributed by atoms with Crippen molar-refractivity contribution in [2.24, 2.45) is 0 Å². The van der Waals surface area contributed by atoms with Gasteiger partial charge in [-0.2, -0.15) is 0 Å². The molecule has 0 aromatic heterocycles. The molecule has 0 aliphatic carbocycles. The summed E-state index contributed by atoms with van der Waals surface area (Å²) in [7, 11) is 0. The van der Waals surface area contributed by atoms with Crippen LogP contribution in [-0.2, 0) is 19.1 Å². The number of nitrogens with zero attached hydrogens (tertiary/aromatic N) is 2. The van der Waals surface area contributed by atoms with Gasteiger partial charge in [0.1, 0.15) is 5.70 Å². The minimum absolute atomic E-state index is 0.206. The first kappa shape index (κ1) is 17.6. The van der Waals surface area contributed by atoms with Crippen LogP contribution in [0.25, 0.3) is 5.57 Å². The highest BCUT2D eigenvalue weighted by Crippen LogP contribution is 2.32. The third-order valence-corrected chi connectivity index (χ3v) is 4.41. The highest BCUT2D eigenvalue weighted by molar-refractivity contribution is 6.35. The van der Waals surface area contributed by atoms with Crippen LogP contribution in [0.1, 0.15) is 18.9 Å². The van der Waals surface area contributed by atoms with E-state index in [2.05, 4.69) is 0 Å². The highest BCUT2D eigenvalue weighted by Gasteiger charge is 2.41. The fraction of sp³-hybridized carbons (Fsp3) is 0.474. The molecule has 2 aliphatic heterocycles. The molecule has 1 fully saturated rings. The fourth-order valence-electron chi connectivity index (χ4n) is 3.18. The largest absolute Gasteiger partial charge is 0.382 e. The Morgan fingerprint density at radius 1 is 1.08 bits per heavy atom. The molecule has 1 aromatic rings. The third kappa shape index (κ3) is 3.75. The summed E-state index contributed by atoms with van der Waals surface area (Å²) in [5.74, 6) is -0.420. The smallest absolute Gasteiger partial charge is 0.277 e. The number of imide groups is 1. The normalized spacial score (nSPS) is 18.4. The fourth-order valence-corrected chi connectivity index (χ4v) is 3.18. The van der Waals surface area contributed by atoms with Crippen molar-refractivity contribution in [3.63, 3.8) is 0 Å². The van der Waals surface area contributed by atoms with Crippen LogP contribution in [0.2, 0.25) is 0 Å². The Morgan fingerprint density at radius 2 is 1.80 bits per heavy atom. The third-order valence-electron chi connectivity index (χ3n) is 4.41. The van der Waals surface area contributed by atoms with Crippen LogP contribution < -0.4 is 0 Å². The van der Waals surface area contributed by atoms with Gasteiger partial charge in [0.2, 0.25) is 0 Å². The second kappa shape index (κ2) is 8.27. The molecule has 6 heteroatoms. The molecule has 0 saturated carbocycles. The predicted molar refractivity (Wildman–Crippen MR) is 93.6 cm³/mol. The van der Waals surface area contributed by atoms with E-state index < -0.39 is 0 Å². The minimum atomic E-state index is -0.214. The quantitative estimate of drug-likeness (QED) is 0.554. The van der Waals surface area contributed by atoms with Gasteiger partial charge in [-0.3, -0.25) is 14.5 Å². The van der Waals surface area contributed by atoms with E-state index in [0.717, 1.165) is 5.56 Å². The molecule has 2 aliphatic rings. The second-order valence-corrected chi connectivity index (χ2v) is 6.00. The van der Waals surface area contributed by atoms with E-state index in [1.54, 1.807) is 0 Å². The molecular formula is C19H24N2O4. The summed E-state index contributed by atoms with van der Waals surface area (Å²) in [6.45, 7) is 5.86. The Labute approximate surface area is 148 Å². The predicted octanol–water partition coefficient (Wildman–Crippen LogP) is 1.53. The van der Waals surface area contributed by atoms with Gasteiger partial charge >= 0.3 is 0 Å². The zero-order chi connectivity index (χ0) is 17.6. The Balaban J connectivity index is 1.88. The standard InChI is InChI=1S/C19H24N2O4/c1-2-24-12-6-9-21-18(22)16(15-7-4-3-5-8-15)17(19(21)23)20-10-13-25-14-11-20/h3-5,7-8H,2,6,9-14H2,1H3. The summed E-state index contributed by atoms with van der Waals surface area (Å²) in [6, 6.07) is 9.43. The monoisotopic (exact) mass is 344 g/mol. The lowest BCUT2D eigenvalue weighted by molar-refractivity contribution is -0.138. The van der Waals surface area contributed by atoms with Crippen LogP contribution >= 0.6 is 0 Å². The van der Waals surface area contributed by atoms with Crippen LogP contribution in [-0.4, -0.2) is 67.7 Å². The number of ether oxygens (including phenoxy) is 2. The molecule has 2 heterocycles. The SMILES string of the molecule is CCOCCCN1C(=O)C(c2ccccc2)=C(N2CCOCC2)C1=O. The minimum Gasteiger partial charge on any atom is -0.382 e. The zero-order valence-corrected chi connectivity index (χ0v) is 14.6. The number of carbonyl (C=O) groups excluding carboxylic acids is 2. The van der Waals surface area contributed by atoms with E-state index in [1.165, 1.54) is 4.90 Å². The molecule has 3 rings (SSSR count). The van der Waals surface area contributed by atoms with E-state index in [-0.39, 0.29) is 11.8 Å². The van der Waals surface area contributed by atoms with Crippen molar-refractivity contribution in [1.82, 2.24) is 9.80 Å². The van der Waals surface area contributed by atoms with Crippen molar-refractivity contribution >= 4 is 17.4 Å². The molecular weight excluding hydrogens is 320 g/mol. The van der Waals surface area contributed by atoms with Crippen molar-refractivity contribution in [2.75, 3.05) is 46.1 Å². The maximum Gasteiger partial charge on any atom is 0.277 e. The molecule has 6 nitrogen and oxygen atoms in total. The van der Waals surface area contributed by atoms with Crippen LogP contribution in [0.3, 0.4) is 0 Å². The second-order valence-electron chi connectivity index (χ2n) is 6.00. The number of rotatable bonds is 7. The van der Waals surface area contributed by atoms with E-state index in [4.69, 9.17) is 9.47 Å². The number of hydrogen-bond donors (Lipinski definition) is 0. The molecule has 0 N–H and O–H groups in total. The molecule has 0 spiro atoms. The number of benzene rings is 1. The van der Waals surface area contributed by atoms with Crippen molar-refractivity contribution in [1.29, 1.82) is 0 Å². The maximum atomic E-state index is 13.0. The van der Waals surface area contributed by atoms with Gasteiger partial charge in [-0.1, -0.05) is 30.3 Å². The lowest BCUT2D eigenvalue weighted by Gasteiger charge is -2.29. The Kier molecular flexibility index (Phi) is 5.83. The first-order valence-corrected chi connectivity index (χ1v) is 8.80. The molecule has 0 atom stereocenters. The summed E-state index contributed by atoms with van der Waals surface area (Å²) in [5, 5.41) is 0. The van der Waals surface area contributed by atoms with Crippen LogP contribution in [0, 0.1) is 0 Å². The summed E-state index contributed by atoms with van der Waals surface area (Å²) in [5.41, 5.74) is 1.80. The zero-order valence-electron chi connectivity index (χ0n) is 14.6. The molecule has 1 saturated heterocycles. The highest BCUT2D eigenvalue weighted by atomic mass is 16.5. The van der Waals surface area contributed by atoms with Gasteiger partial charge in [0.25, 0.3) is 11.8 Å². The van der Waals surface area contributed by atoms with Gasteiger partial charge in [-0.05, 0) is 18.9 Å². The van der Waals surface area contributed by atoms with Gasteiger partial charge < -0.3 is 14.4 Å². The van der Waals surface area contributed by atoms with Crippen LogP contribution in [0.5, 0.6) is 0 Å². The van der Waals surface area contributed by atoms with E-state index in [9.17, 15) is 9.59 Å². The number of morpholine rings is 1. The first-order valence-electron chi connectivity index (χ1n) is 8.80. The lowest BCUT2D eigenvalue weighted by atomic mass is 10.0. The van der Waals surface area contributed by atoms with Crippen molar-refractivity contribution in [3.05, 3.63) is 41.6 Å².